The summed E-state index contributed by atoms with van der Waals surface area (Å²) >= 11 is 3.10. The van der Waals surface area contributed by atoms with Gasteiger partial charge >= 0.3 is 0 Å². The highest BCUT2D eigenvalue weighted by Crippen LogP contribution is 2.35. The molecule has 3 aromatic rings. The molecule has 0 bridgehead atoms. The number of furan rings is 1. The van der Waals surface area contributed by atoms with Crippen molar-refractivity contribution < 1.29 is 18.7 Å². The predicted molar refractivity (Wildman–Crippen MR) is 101 cm³/mol. The molecule has 0 spiro atoms. The Morgan fingerprint density at radius 1 is 1.31 bits per heavy atom. The van der Waals surface area contributed by atoms with E-state index in [1.807, 2.05) is 30.5 Å². The SMILES string of the molecule is CSc1cccc2sc(N(Cc3ccco3)C(=O)C3=COCCO3)nc12. The monoisotopic (exact) mass is 388 g/mol. The van der Waals surface area contributed by atoms with E-state index in [0.29, 0.717) is 24.1 Å². The second kappa shape index (κ2) is 7.43. The van der Waals surface area contributed by atoms with Crippen molar-refractivity contribution in [1.29, 1.82) is 0 Å². The van der Waals surface area contributed by atoms with Gasteiger partial charge in [0.05, 0.1) is 23.0 Å². The Balaban J connectivity index is 1.74. The maximum atomic E-state index is 13.0. The molecular weight excluding hydrogens is 372 g/mol. The zero-order chi connectivity index (χ0) is 17.9. The summed E-state index contributed by atoms with van der Waals surface area (Å²) in [5, 5.41) is 0.595. The van der Waals surface area contributed by atoms with Crippen LogP contribution < -0.4 is 4.90 Å². The van der Waals surface area contributed by atoms with Crippen LogP contribution in [-0.2, 0) is 20.8 Å². The number of hydrogen-bond acceptors (Lipinski definition) is 7. The number of amides is 1. The van der Waals surface area contributed by atoms with Crippen molar-refractivity contribution in [2.45, 2.75) is 11.4 Å². The zero-order valence-corrected chi connectivity index (χ0v) is 15.6. The average molecular weight is 388 g/mol. The van der Waals surface area contributed by atoms with Gasteiger partial charge < -0.3 is 13.9 Å². The van der Waals surface area contributed by atoms with E-state index in [-0.39, 0.29) is 18.2 Å². The highest BCUT2D eigenvalue weighted by molar-refractivity contribution is 7.98. The van der Waals surface area contributed by atoms with Gasteiger partial charge in [-0.05, 0) is 30.5 Å². The summed E-state index contributed by atoms with van der Waals surface area (Å²) in [5.74, 6) is 0.540. The molecule has 0 saturated carbocycles. The van der Waals surface area contributed by atoms with E-state index in [2.05, 4.69) is 0 Å². The molecule has 1 aromatic carbocycles. The minimum Gasteiger partial charge on any atom is -0.494 e. The Kier molecular flexibility index (Phi) is 4.85. The normalized spacial score (nSPS) is 13.8. The van der Waals surface area contributed by atoms with Crippen molar-refractivity contribution in [3.63, 3.8) is 0 Å². The lowest BCUT2D eigenvalue weighted by molar-refractivity contribution is -0.120. The molecule has 0 atom stereocenters. The van der Waals surface area contributed by atoms with Crippen LogP contribution in [0.2, 0.25) is 0 Å². The molecule has 1 aliphatic heterocycles. The number of thiazole rings is 1. The molecule has 0 radical (unpaired) electrons. The summed E-state index contributed by atoms with van der Waals surface area (Å²) in [6.07, 6.45) is 4.96. The predicted octanol–water partition coefficient (Wildman–Crippen LogP) is 4.03. The van der Waals surface area contributed by atoms with Crippen molar-refractivity contribution in [1.82, 2.24) is 4.98 Å². The number of ether oxygens (including phenoxy) is 2. The van der Waals surface area contributed by atoms with E-state index in [0.717, 1.165) is 15.1 Å². The standard InChI is InChI=1S/C18H16N2O4S2/c1-25-14-5-2-6-15-16(14)19-18(26-15)20(10-12-4-3-7-23-12)17(21)13-11-22-8-9-24-13/h2-7,11H,8-10H2,1H3. The summed E-state index contributed by atoms with van der Waals surface area (Å²) in [6, 6.07) is 9.64. The van der Waals surface area contributed by atoms with E-state index in [9.17, 15) is 4.79 Å². The lowest BCUT2D eigenvalue weighted by atomic mass is 10.3. The van der Waals surface area contributed by atoms with E-state index in [1.165, 1.54) is 17.6 Å². The van der Waals surface area contributed by atoms with E-state index in [4.69, 9.17) is 18.9 Å². The second-order valence-electron chi connectivity index (χ2n) is 5.48. The number of carbonyl (C=O) groups is 1. The number of fused-ring (bicyclic) bond motifs is 1. The van der Waals surface area contributed by atoms with Gasteiger partial charge in [-0.1, -0.05) is 17.4 Å². The Morgan fingerprint density at radius 2 is 2.23 bits per heavy atom. The van der Waals surface area contributed by atoms with Crippen LogP contribution in [0.3, 0.4) is 0 Å². The summed E-state index contributed by atoms with van der Waals surface area (Å²) < 4.78 is 17.2. The van der Waals surface area contributed by atoms with Gasteiger partial charge in [0.1, 0.15) is 25.2 Å². The quantitative estimate of drug-likeness (QED) is 0.615. The third kappa shape index (κ3) is 3.30. The average Bonchev–Trinajstić information content (AvgIpc) is 3.35. The second-order valence-corrected chi connectivity index (χ2v) is 7.33. The lowest BCUT2D eigenvalue weighted by Crippen LogP contribution is -2.33. The number of para-hydroxylation sites is 1. The zero-order valence-electron chi connectivity index (χ0n) is 14.0. The van der Waals surface area contributed by atoms with Crippen LogP contribution in [-0.4, -0.2) is 30.4 Å². The first-order chi connectivity index (χ1) is 12.8. The first-order valence-corrected chi connectivity index (χ1v) is 10.0. The molecule has 0 N–H and O–H groups in total. The fourth-order valence-electron chi connectivity index (χ4n) is 2.59. The van der Waals surface area contributed by atoms with Crippen molar-refractivity contribution in [2.75, 3.05) is 24.4 Å². The number of aromatic nitrogens is 1. The molecule has 26 heavy (non-hydrogen) atoms. The van der Waals surface area contributed by atoms with E-state index < -0.39 is 0 Å². The largest absolute Gasteiger partial charge is 0.494 e. The van der Waals surface area contributed by atoms with Crippen LogP contribution in [0.15, 0.2) is 57.9 Å². The molecular formula is C18H16N2O4S2. The van der Waals surface area contributed by atoms with Gasteiger partial charge in [-0.3, -0.25) is 9.69 Å². The smallest absolute Gasteiger partial charge is 0.298 e. The van der Waals surface area contributed by atoms with Gasteiger partial charge in [-0.2, -0.15) is 0 Å². The number of thioether (sulfide) groups is 1. The molecule has 2 aromatic heterocycles. The lowest BCUT2D eigenvalue weighted by Gasteiger charge is -2.22. The molecule has 1 amide bonds. The summed E-state index contributed by atoms with van der Waals surface area (Å²) in [6.45, 7) is 1.05. The minimum absolute atomic E-state index is 0.173. The van der Waals surface area contributed by atoms with Crippen molar-refractivity contribution >= 4 is 44.4 Å². The third-order valence-electron chi connectivity index (χ3n) is 3.82. The number of rotatable bonds is 5. The number of anilines is 1. The Hall–Kier alpha value is -2.45. The maximum Gasteiger partial charge on any atom is 0.298 e. The van der Waals surface area contributed by atoms with E-state index in [1.54, 1.807) is 29.0 Å². The van der Waals surface area contributed by atoms with E-state index >= 15 is 0 Å². The molecule has 8 heteroatoms. The molecule has 0 saturated heterocycles. The van der Waals surface area contributed by atoms with Crippen molar-refractivity contribution in [3.05, 3.63) is 54.4 Å². The Labute approximate surface area is 158 Å². The Morgan fingerprint density at radius 3 is 2.96 bits per heavy atom. The highest BCUT2D eigenvalue weighted by atomic mass is 32.2. The molecule has 4 rings (SSSR count). The van der Waals surface area contributed by atoms with Gasteiger partial charge in [-0.25, -0.2) is 4.98 Å². The summed E-state index contributed by atoms with van der Waals surface area (Å²) in [4.78, 5) is 20.4. The van der Waals surface area contributed by atoms with Crippen molar-refractivity contribution in [2.24, 2.45) is 0 Å². The molecule has 134 valence electrons. The van der Waals surface area contributed by atoms with Gasteiger partial charge in [-0.15, -0.1) is 11.8 Å². The molecule has 6 nitrogen and oxygen atoms in total. The fraction of sp³-hybridized carbons (Fsp3) is 0.222. The van der Waals surface area contributed by atoms with Crippen LogP contribution in [0.1, 0.15) is 5.76 Å². The van der Waals surface area contributed by atoms with Crippen LogP contribution in [0, 0.1) is 0 Å². The van der Waals surface area contributed by atoms with Crippen LogP contribution in [0.5, 0.6) is 0 Å². The maximum absolute atomic E-state index is 13.0. The van der Waals surface area contributed by atoms with Crippen LogP contribution in [0.4, 0.5) is 5.13 Å². The van der Waals surface area contributed by atoms with Crippen molar-refractivity contribution in [3.8, 4) is 0 Å². The van der Waals surface area contributed by atoms with Crippen LogP contribution in [0.25, 0.3) is 10.2 Å². The third-order valence-corrected chi connectivity index (χ3v) is 5.63. The molecule has 0 aliphatic carbocycles. The van der Waals surface area contributed by atoms with Gasteiger partial charge in [0.15, 0.2) is 5.13 Å². The fourth-order valence-corrected chi connectivity index (χ4v) is 4.21. The number of benzene rings is 1. The van der Waals surface area contributed by atoms with Gasteiger partial charge in [0.25, 0.3) is 5.91 Å². The first kappa shape index (κ1) is 17.0. The van der Waals surface area contributed by atoms with Gasteiger partial charge in [0.2, 0.25) is 5.76 Å². The van der Waals surface area contributed by atoms with Crippen LogP contribution >= 0.6 is 23.1 Å². The Bertz CT molecular complexity index is 949. The topological polar surface area (TPSA) is 64.8 Å². The summed E-state index contributed by atoms with van der Waals surface area (Å²) in [5.41, 5.74) is 0.895. The highest BCUT2D eigenvalue weighted by Gasteiger charge is 2.27. The minimum atomic E-state index is -0.300. The molecule has 3 heterocycles. The molecule has 0 fully saturated rings. The summed E-state index contributed by atoms with van der Waals surface area (Å²) in [7, 11) is 0. The molecule has 1 aliphatic rings. The van der Waals surface area contributed by atoms with Gasteiger partial charge in [0, 0.05) is 4.90 Å². The number of carbonyl (C=O) groups excluding carboxylic acids is 1. The molecule has 0 unspecified atom stereocenters. The first-order valence-electron chi connectivity index (χ1n) is 7.98. The number of nitrogens with zero attached hydrogens (tertiary/aromatic N) is 2. The number of hydrogen-bond donors (Lipinski definition) is 0.